The predicted molar refractivity (Wildman–Crippen MR) is 108 cm³/mol. The number of amides is 1. The highest BCUT2D eigenvalue weighted by atomic mass is 35.5. The van der Waals surface area contributed by atoms with Crippen molar-refractivity contribution in [3.8, 4) is 0 Å². The lowest BCUT2D eigenvalue weighted by atomic mass is 9.96. The van der Waals surface area contributed by atoms with Crippen LogP contribution in [-0.4, -0.2) is 20.4 Å². The van der Waals surface area contributed by atoms with E-state index in [0.29, 0.717) is 0 Å². The molecule has 0 spiro atoms. The molecule has 1 saturated carbocycles. The number of halogens is 3. The Morgan fingerprint density at radius 2 is 1.71 bits per heavy atom. The van der Waals surface area contributed by atoms with Gasteiger partial charge in [-0.05, 0) is 49.2 Å². The van der Waals surface area contributed by atoms with Crippen LogP contribution in [0.25, 0.3) is 0 Å². The van der Waals surface area contributed by atoms with E-state index in [1.807, 2.05) is 0 Å². The lowest BCUT2D eigenvalue weighted by molar-refractivity contribution is 0.102. The zero-order valence-electron chi connectivity index (χ0n) is 14.8. The first-order chi connectivity index (χ1) is 13.3. The van der Waals surface area contributed by atoms with Gasteiger partial charge in [-0.3, -0.25) is 4.79 Å². The van der Waals surface area contributed by atoms with Crippen LogP contribution >= 0.6 is 23.2 Å². The highest BCUT2D eigenvalue weighted by Gasteiger charge is 2.25. The van der Waals surface area contributed by atoms with Crippen LogP contribution in [-0.2, 0) is 10.0 Å². The molecule has 0 radical (unpaired) electrons. The van der Waals surface area contributed by atoms with Gasteiger partial charge in [-0.25, -0.2) is 17.5 Å². The van der Waals surface area contributed by atoms with Crippen LogP contribution in [0.4, 0.5) is 10.1 Å². The third-order valence-electron chi connectivity index (χ3n) is 4.59. The first-order valence-electron chi connectivity index (χ1n) is 8.84. The summed E-state index contributed by atoms with van der Waals surface area (Å²) in [7, 11) is -3.86. The van der Waals surface area contributed by atoms with Crippen LogP contribution < -0.4 is 10.0 Å². The molecule has 2 aromatic rings. The third-order valence-corrected chi connectivity index (χ3v) is 6.88. The summed E-state index contributed by atoms with van der Waals surface area (Å²) in [5.41, 5.74) is 0.393. The molecular formula is C19H19Cl2FN2O3S. The molecule has 0 aromatic heterocycles. The maximum atomic E-state index is 13.2. The van der Waals surface area contributed by atoms with Gasteiger partial charge >= 0.3 is 0 Å². The summed E-state index contributed by atoms with van der Waals surface area (Å²) >= 11 is 11.8. The molecule has 9 heteroatoms. The molecule has 1 aliphatic rings. The van der Waals surface area contributed by atoms with Gasteiger partial charge in [0, 0.05) is 17.3 Å². The van der Waals surface area contributed by atoms with E-state index in [1.165, 1.54) is 30.3 Å². The summed E-state index contributed by atoms with van der Waals surface area (Å²) in [4.78, 5) is 12.3. The van der Waals surface area contributed by atoms with E-state index >= 15 is 0 Å². The number of carbonyl (C=O) groups excluding carboxylic acids is 1. The Labute approximate surface area is 173 Å². The summed E-state index contributed by atoms with van der Waals surface area (Å²) in [5.74, 6) is -1.17. The molecule has 0 heterocycles. The first-order valence-corrected chi connectivity index (χ1v) is 11.1. The minimum atomic E-state index is -3.86. The average Bonchev–Trinajstić information content (AvgIpc) is 2.65. The monoisotopic (exact) mass is 444 g/mol. The fraction of sp³-hybridized carbons (Fsp3) is 0.316. The molecular weight excluding hydrogens is 426 g/mol. The molecule has 1 amide bonds. The van der Waals surface area contributed by atoms with E-state index in [0.717, 1.165) is 38.2 Å². The van der Waals surface area contributed by atoms with Crippen molar-refractivity contribution < 1.29 is 17.6 Å². The highest BCUT2D eigenvalue weighted by Crippen LogP contribution is 2.26. The van der Waals surface area contributed by atoms with Crippen molar-refractivity contribution in [2.24, 2.45) is 0 Å². The zero-order chi connectivity index (χ0) is 20.3. The standard InChI is InChI=1S/C19H19Cl2FN2O3S/c20-15-8-6-12(19(25)23-14-7-9-17(22)16(21)11-14)10-18(15)28(26,27)24-13-4-2-1-3-5-13/h6-11,13,24H,1-5H2,(H,23,25). The van der Waals surface area contributed by atoms with Gasteiger partial charge in [-0.2, -0.15) is 0 Å². The molecule has 1 fully saturated rings. The van der Waals surface area contributed by atoms with Gasteiger partial charge in [0.1, 0.15) is 10.7 Å². The molecule has 1 aliphatic carbocycles. The van der Waals surface area contributed by atoms with Crippen LogP contribution in [0.1, 0.15) is 42.5 Å². The molecule has 150 valence electrons. The molecule has 28 heavy (non-hydrogen) atoms. The molecule has 0 aliphatic heterocycles. The molecule has 0 saturated heterocycles. The number of benzene rings is 2. The van der Waals surface area contributed by atoms with Gasteiger partial charge in [-0.1, -0.05) is 42.5 Å². The Bertz CT molecular complexity index is 993. The van der Waals surface area contributed by atoms with E-state index in [9.17, 15) is 17.6 Å². The van der Waals surface area contributed by atoms with Crippen LogP contribution in [0.15, 0.2) is 41.3 Å². The quantitative estimate of drug-likeness (QED) is 0.681. The zero-order valence-corrected chi connectivity index (χ0v) is 17.2. The summed E-state index contributed by atoms with van der Waals surface area (Å²) in [6.07, 6.45) is 4.61. The van der Waals surface area contributed by atoms with Crippen molar-refractivity contribution >= 4 is 44.8 Å². The minimum absolute atomic E-state index is 0.0321. The molecule has 5 nitrogen and oxygen atoms in total. The van der Waals surface area contributed by atoms with Crippen LogP contribution in [0.5, 0.6) is 0 Å². The minimum Gasteiger partial charge on any atom is -0.322 e. The van der Waals surface area contributed by atoms with Gasteiger partial charge in [0.15, 0.2) is 0 Å². The van der Waals surface area contributed by atoms with Crippen LogP contribution in [0, 0.1) is 5.82 Å². The largest absolute Gasteiger partial charge is 0.322 e. The second-order valence-electron chi connectivity index (χ2n) is 6.68. The number of hydrogen-bond acceptors (Lipinski definition) is 3. The first kappa shape index (κ1) is 21.0. The van der Waals surface area contributed by atoms with Gasteiger partial charge < -0.3 is 5.32 Å². The topological polar surface area (TPSA) is 75.3 Å². The Kier molecular flexibility index (Phi) is 6.60. The fourth-order valence-corrected chi connectivity index (χ4v) is 5.14. The Balaban J connectivity index is 1.81. The second kappa shape index (κ2) is 8.78. The van der Waals surface area contributed by atoms with Crippen molar-refractivity contribution in [2.75, 3.05) is 5.32 Å². The average molecular weight is 445 g/mol. The molecule has 2 aromatic carbocycles. The van der Waals surface area contributed by atoms with E-state index in [1.54, 1.807) is 0 Å². The summed E-state index contributed by atoms with van der Waals surface area (Å²) in [5, 5.41) is 2.46. The summed E-state index contributed by atoms with van der Waals surface area (Å²) < 4.78 is 41.4. The molecule has 0 atom stereocenters. The number of nitrogens with one attached hydrogen (secondary N) is 2. The molecule has 0 unspecified atom stereocenters. The van der Waals surface area contributed by atoms with E-state index in [4.69, 9.17) is 23.2 Å². The van der Waals surface area contributed by atoms with E-state index in [-0.39, 0.29) is 32.2 Å². The fourth-order valence-electron chi connectivity index (χ4n) is 3.13. The van der Waals surface area contributed by atoms with Crippen molar-refractivity contribution in [1.82, 2.24) is 4.72 Å². The number of sulfonamides is 1. The molecule has 2 N–H and O–H groups in total. The van der Waals surface area contributed by atoms with Gasteiger partial charge in [-0.15, -0.1) is 0 Å². The maximum absolute atomic E-state index is 13.2. The normalized spacial score (nSPS) is 15.4. The number of rotatable bonds is 5. The van der Waals surface area contributed by atoms with Gasteiger partial charge in [0.2, 0.25) is 10.0 Å². The van der Waals surface area contributed by atoms with Crippen LogP contribution in [0.2, 0.25) is 10.0 Å². The van der Waals surface area contributed by atoms with Crippen molar-refractivity contribution in [2.45, 2.75) is 43.0 Å². The van der Waals surface area contributed by atoms with E-state index in [2.05, 4.69) is 10.0 Å². The Morgan fingerprint density at radius 3 is 2.39 bits per heavy atom. The number of hydrogen-bond donors (Lipinski definition) is 2. The smallest absolute Gasteiger partial charge is 0.255 e. The molecule has 0 bridgehead atoms. The van der Waals surface area contributed by atoms with Crippen LogP contribution in [0.3, 0.4) is 0 Å². The van der Waals surface area contributed by atoms with Crippen molar-refractivity contribution in [3.63, 3.8) is 0 Å². The van der Waals surface area contributed by atoms with E-state index < -0.39 is 21.7 Å². The lowest BCUT2D eigenvalue weighted by Crippen LogP contribution is -2.36. The lowest BCUT2D eigenvalue weighted by Gasteiger charge is -2.23. The Hall–Kier alpha value is -1.67. The van der Waals surface area contributed by atoms with Crippen molar-refractivity contribution in [3.05, 3.63) is 57.8 Å². The number of anilines is 1. The van der Waals surface area contributed by atoms with Gasteiger partial charge in [0.05, 0.1) is 10.0 Å². The van der Waals surface area contributed by atoms with Crippen molar-refractivity contribution in [1.29, 1.82) is 0 Å². The highest BCUT2D eigenvalue weighted by molar-refractivity contribution is 7.89. The molecule has 3 rings (SSSR count). The third kappa shape index (κ3) is 5.03. The predicted octanol–water partition coefficient (Wildman–Crippen LogP) is 5.00. The summed E-state index contributed by atoms with van der Waals surface area (Å²) in [6, 6.07) is 7.64. The SMILES string of the molecule is O=C(Nc1ccc(F)c(Cl)c1)c1ccc(Cl)c(S(=O)(=O)NC2CCCCC2)c1. The maximum Gasteiger partial charge on any atom is 0.255 e. The Morgan fingerprint density at radius 1 is 1.00 bits per heavy atom. The number of carbonyl (C=O) groups is 1. The van der Waals surface area contributed by atoms with Gasteiger partial charge in [0.25, 0.3) is 5.91 Å². The summed E-state index contributed by atoms with van der Waals surface area (Å²) in [6.45, 7) is 0. The second-order valence-corrected chi connectivity index (χ2v) is 9.18.